The van der Waals surface area contributed by atoms with Gasteiger partial charge in [0.2, 0.25) is 0 Å². The molecule has 1 atom stereocenters. The maximum absolute atomic E-state index is 12.9. The van der Waals surface area contributed by atoms with E-state index in [1.165, 1.54) is 18.2 Å². The zero-order valence-electron chi connectivity index (χ0n) is 13.3. The Hall–Kier alpha value is -2.44. The summed E-state index contributed by atoms with van der Waals surface area (Å²) in [6.45, 7) is 2.57. The molecule has 2 aromatic rings. The van der Waals surface area contributed by atoms with Crippen LogP contribution >= 0.6 is 0 Å². The lowest BCUT2D eigenvalue weighted by Gasteiger charge is -2.24. The van der Waals surface area contributed by atoms with Crippen molar-refractivity contribution in [1.29, 1.82) is 0 Å². The Balaban J connectivity index is 1.94. The predicted molar refractivity (Wildman–Crippen MR) is 91.0 cm³/mol. The third-order valence-corrected chi connectivity index (χ3v) is 4.52. The van der Waals surface area contributed by atoms with Crippen molar-refractivity contribution in [1.82, 2.24) is 4.90 Å². The van der Waals surface area contributed by atoms with E-state index in [4.69, 9.17) is 0 Å². The SMILES string of the molecule is CCC1c2ccccc2CN1C(=O)c1ccc(B(O)O)c(C=O)c1. The first-order valence-corrected chi connectivity index (χ1v) is 7.90. The van der Waals surface area contributed by atoms with Crippen molar-refractivity contribution in [2.45, 2.75) is 25.9 Å². The molecule has 1 amide bonds. The molecule has 1 heterocycles. The van der Waals surface area contributed by atoms with E-state index in [-0.39, 0.29) is 23.0 Å². The number of nitrogens with zero attached hydrogens (tertiary/aromatic N) is 1. The van der Waals surface area contributed by atoms with Gasteiger partial charge in [0.05, 0.1) is 6.04 Å². The van der Waals surface area contributed by atoms with Crippen LogP contribution in [0, 0.1) is 0 Å². The van der Waals surface area contributed by atoms with E-state index in [1.54, 1.807) is 4.90 Å². The average molecular weight is 323 g/mol. The lowest BCUT2D eigenvalue weighted by atomic mass is 9.76. The standard InChI is InChI=1S/C18H18BNO4/c1-2-17-15-6-4-3-5-13(15)10-20(17)18(22)12-7-8-16(19(23)24)14(9-12)11-21/h3-9,11,17,23-24H,2,10H2,1H3. The normalized spacial score (nSPS) is 16.0. The summed E-state index contributed by atoms with van der Waals surface area (Å²) >= 11 is 0. The summed E-state index contributed by atoms with van der Waals surface area (Å²) in [4.78, 5) is 25.9. The molecule has 122 valence electrons. The molecule has 0 aromatic heterocycles. The highest BCUT2D eigenvalue weighted by atomic mass is 16.4. The van der Waals surface area contributed by atoms with Crippen LogP contribution in [0.3, 0.4) is 0 Å². The lowest BCUT2D eigenvalue weighted by molar-refractivity contribution is 0.0687. The van der Waals surface area contributed by atoms with Crippen LogP contribution < -0.4 is 5.46 Å². The third kappa shape index (κ3) is 2.74. The fourth-order valence-corrected chi connectivity index (χ4v) is 3.33. The molecule has 0 fully saturated rings. The highest BCUT2D eigenvalue weighted by molar-refractivity contribution is 6.60. The average Bonchev–Trinajstić information content (AvgIpc) is 2.98. The van der Waals surface area contributed by atoms with E-state index in [0.29, 0.717) is 18.4 Å². The van der Waals surface area contributed by atoms with Gasteiger partial charge in [0.25, 0.3) is 5.91 Å². The first-order valence-electron chi connectivity index (χ1n) is 7.90. The van der Waals surface area contributed by atoms with E-state index in [1.807, 2.05) is 31.2 Å². The van der Waals surface area contributed by atoms with E-state index in [0.717, 1.165) is 17.5 Å². The molecule has 0 spiro atoms. The van der Waals surface area contributed by atoms with Gasteiger partial charge in [-0.15, -0.1) is 0 Å². The van der Waals surface area contributed by atoms with Gasteiger partial charge in [-0.2, -0.15) is 0 Å². The molecule has 1 aliphatic rings. The largest absolute Gasteiger partial charge is 0.489 e. The first-order chi connectivity index (χ1) is 11.6. The first kappa shape index (κ1) is 16.4. The van der Waals surface area contributed by atoms with Gasteiger partial charge in [0.1, 0.15) is 6.29 Å². The number of aldehydes is 1. The molecule has 0 saturated heterocycles. The Labute approximate surface area is 140 Å². The predicted octanol–water partition coefficient (Wildman–Crippen LogP) is 1.29. The molecule has 0 bridgehead atoms. The van der Waals surface area contributed by atoms with Gasteiger partial charge in [0.15, 0.2) is 0 Å². The molecule has 3 rings (SSSR count). The number of amides is 1. The van der Waals surface area contributed by atoms with Crippen molar-refractivity contribution in [3.05, 3.63) is 64.7 Å². The van der Waals surface area contributed by atoms with Crippen LogP contribution in [0.2, 0.25) is 0 Å². The maximum atomic E-state index is 12.9. The molecule has 6 heteroatoms. The van der Waals surface area contributed by atoms with Gasteiger partial charge in [-0.05, 0) is 35.1 Å². The van der Waals surface area contributed by atoms with Gasteiger partial charge < -0.3 is 14.9 Å². The summed E-state index contributed by atoms with van der Waals surface area (Å²) < 4.78 is 0. The van der Waals surface area contributed by atoms with Gasteiger partial charge in [0, 0.05) is 17.7 Å². The van der Waals surface area contributed by atoms with Crippen molar-refractivity contribution in [2.75, 3.05) is 0 Å². The summed E-state index contributed by atoms with van der Waals surface area (Å²) in [6, 6.07) is 12.4. The second-order valence-electron chi connectivity index (χ2n) is 5.89. The monoisotopic (exact) mass is 323 g/mol. The number of benzene rings is 2. The Morgan fingerprint density at radius 2 is 2.04 bits per heavy atom. The summed E-state index contributed by atoms with van der Waals surface area (Å²) in [6.07, 6.45) is 1.33. The van der Waals surface area contributed by atoms with Crippen LogP contribution in [0.15, 0.2) is 42.5 Å². The smallest absolute Gasteiger partial charge is 0.423 e. The van der Waals surface area contributed by atoms with Crippen molar-refractivity contribution >= 4 is 24.8 Å². The Morgan fingerprint density at radius 3 is 2.71 bits per heavy atom. The molecule has 0 saturated carbocycles. The van der Waals surface area contributed by atoms with E-state index < -0.39 is 7.12 Å². The Kier molecular flexibility index (Phi) is 4.51. The zero-order valence-corrected chi connectivity index (χ0v) is 13.3. The molecule has 1 aliphatic heterocycles. The lowest BCUT2D eigenvalue weighted by Crippen LogP contribution is -2.34. The van der Waals surface area contributed by atoms with Gasteiger partial charge in [-0.1, -0.05) is 37.3 Å². The van der Waals surface area contributed by atoms with Crippen molar-refractivity contribution in [3.63, 3.8) is 0 Å². The van der Waals surface area contributed by atoms with Crippen molar-refractivity contribution in [3.8, 4) is 0 Å². The number of carbonyl (C=O) groups is 2. The van der Waals surface area contributed by atoms with Crippen LogP contribution in [0.5, 0.6) is 0 Å². The molecule has 2 N–H and O–H groups in total. The third-order valence-electron chi connectivity index (χ3n) is 4.52. The minimum absolute atomic E-state index is 0.0106. The van der Waals surface area contributed by atoms with Crippen LogP contribution in [-0.2, 0) is 6.54 Å². The van der Waals surface area contributed by atoms with Gasteiger partial charge in [-0.25, -0.2) is 0 Å². The maximum Gasteiger partial charge on any atom is 0.489 e. The molecule has 0 aliphatic carbocycles. The van der Waals surface area contributed by atoms with Crippen LogP contribution in [0.1, 0.15) is 51.2 Å². The number of fused-ring (bicyclic) bond motifs is 1. The summed E-state index contributed by atoms with van der Waals surface area (Å²) in [5.74, 6) is -0.167. The van der Waals surface area contributed by atoms with E-state index in [9.17, 15) is 19.6 Å². The minimum Gasteiger partial charge on any atom is -0.423 e. The van der Waals surface area contributed by atoms with Gasteiger partial charge >= 0.3 is 7.12 Å². The summed E-state index contributed by atoms with van der Waals surface area (Å²) in [5.41, 5.74) is 2.87. The van der Waals surface area contributed by atoms with E-state index in [2.05, 4.69) is 0 Å². The highest BCUT2D eigenvalue weighted by Crippen LogP contribution is 2.36. The van der Waals surface area contributed by atoms with Crippen LogP contribution in [0.25, 0.3) is 0 Å². The highest BCUT2D eigenvalue weighted by Gasteiger charge is 2.32. The second kappa shape index (κ2) is 6.59. The Bertz CT molecular complexity index is 790. The van der Waals surface area contributed by atoms with Gasteiger partial charge in [-0.3, -0.25) is 9.59 Å². The molecular formula is C18H18BNO4. The van der Waals surface area contributed by atoms with E-state index >= 15 is 0 Å². The Morgan fingerprint density at radius 1 is 1.29 bits per heavy atom. The van der Waals surface area contributed by atoms with Crippen LogP contribution in [0.4, 0.5) is 0 Å². The number of rotatable bonds is 4. The molecule has 0 radical (unpaired) electrons. The summed E-state index contributed by atoms with van der Waals surface area (Å²) in [7, 11) is -1.74. The number of carbonyl (C=O) groups excluding carboxylic acids is 2. The molecule has 5 nitrogen and oxygen atoms in total. The fourth-order valence-electron chi connectivity index (χ4n) is 3.33. The quantitative estimate of drug-likeness (QED) is 0.656. The topological polar surface area (TPSA) is 77.8 Å². The van der Waals surface area contributed by atoms with Crippen molar-refractivity contribution < 1.29 is 19.6 Å². The summed E-state index contributed by atoms with van der Waals surface area (Å²) in [5, 5.41) is 18.6. The molecule has 24 heavy (non-hydrogen) atoms. The fraction of sp³-hybridized carbons (Fsp3) is 0.222. The zero-order chi connectivity index (χ0) is 17.3. The number of hydrogen-bond acceptors (Lipinski definition) is 4. The number of hydrogen-bond donors (Lipinski definition) is 2. The van der Waals surface area contributed by atoms with Crippen LogP contribution in [-0.4, -0.2) is 34.3 Å². The molecule has 2 aromatic carbocycles. The molecule has 1 unspecified atom stereocenters. The second-order valence-corrected chi connectivity index (χ2v) is 5.89. The van der Waals surface area contributed by atoms with Crippen molar-refractivity contribution in [2.24, 2.45) is 0 Å². The minimum atomic E-state index is -1.74. The molecular weight excluding hydrogens is 305 g/mol.